The van der Waals surface area contributed by atoms with Crippen molar-refractivity contribution < 1.29 is 5.11 Å². The molecule has 0 radical (unpaired) electrons. The predicted octanol–water partition coefficient (Wildman–Crippen LogP) is -0.928. The summed E-state index contributed by atoms with van der Waals surface area (Å²) in [5.41, 5.74) is -1.72. The fourth-order valence-electron chi connectivity index (χ4n) is 0.538. The molecule has 0 saturated heterocycles. The predicted molar refractivity (Wildman–Crippen MR) is 41.6 cm³/mol. The molecule has 0 aliphatic heterocycles. The van der Waals surface area contributed by atoms with E-state index < -0.39 is 22.0 Å². The van der Waals surface area contributed by atoms with Crippen LogP contribution < -0.4 is 16.2 Å². The van der Waals surface area contributed by atoms with Gasteiger partial charge in [0.2, 0.25) is 5.43 Å². The van der Waals surface area contributed by atoms with Gasteiger partial charge in [0, 0.05) is 0 Å². The fraction of sp³-hybridized carbons (Fsp3) is 0. The number of hydrogen-bond donors (Lipinski definition) is 2. The molecule has 0 unspecified atom stereocenters. The normalized spacial score (nSPS) is 10.1. The third kappa shape index (κ3) is 0.772. The first-order chi connectivity index (χ1) is 4.55. The Balaban J connectivity index is 3.97. The topological polar surface area (TPSA) is 78.2 Å². The summed E-state index contributed by atoms with van der Waals surface area (Å²) in [7, 11) is 0. The van der Waals surface area contributed by atoms with E-state index in [0.29, 0.717) is 0 Å². The van der Waals surface area contributed by atoms with Gasteiger partial charge in [-0.15, -0.1) is 0 Å². The summed E-state index contributed by atoms with van der Waals surface area (Å²) in [4.78, 5) is 21.2. The lowest BCUT2D eigenvalue weighted by Gasteiger charge is -1.78. The van der Waals surface area contributed by atoms with Crippen molar-refractivity contribution in [2.24, 2.45) is 0 Å². The van der Waals surface area contributed by atoms with Crippen LogP contribution in [0, 0.1) is 8.98 Å². The summed E-state index contributed by atoms with van der Waals surface area (Å²) in [5, 5.41) is 15.0. The van der Waals surface area contributed by atoms with Crippen molar-refractivity contribution in [3.05, 3.63) is 29.4 Å². The van der Waals surface area contributed by atoms with Gasteiger partial charge in [-0.2, -0.15) is 0 Å². The Morgan fingerprint density at radius 2 is 1.80 bits per heavy atom. The van der Waals surface area contributed by atoms with Gasteiger partial charge in [-0.25, -0.2) is 0 Å². The minimum absolute atomic E-state index is 0.0624. The van der Waals surface area contributed by atoms with E-state index in [4.69, 9.17) is 10.5 Å². The summed E-state index contributed by atoms with van der Waals surface area (Å²) in [5.74, 6) is -0.504. The lowest BCUT2D eigenvalue weighted by atomic mass is 10.6. The van der Waals surface area contributed by atoms with Gasteiger partial charge >= 0.3 is 0 Å². The number of halogens is 1. The van der Waals surface area contributed by atoms with Crippen LogP contribution in [0.2, 0.25) is 0 Å². The Hall–Kier alpha value is -0.720. The second-order valence-corrected chi connectivity index (χ2v) is 2.77. The Morgan fingerprint density at radius 1 is 1.30 bits per heavy atom. The van der Waals surface area contributed by atoms with Crippen LogP contribution in [0.3, 0.4) is 0 Å². The van der Waals surface area contributed by atoms with Crippen molar-refractivity contribution in [1.82, 2.24) is 0 Å². The van der Waals surface area contributed by atoms with E-state index in [9.17, 15) is 9.59 Å². The lowest BCUT2D eigenvalue weighted by Crippen LogP contribution is -2.30. The molecule has 0 spiro atoms. The SMILES string of the molecule is N=c1c(O)c(I)c(=O)c1=O. The van der Waals surface area contributed by atoms with Crippen molar-refractivity contribution >= 4 is 22.6 Å². The Labute approximate surface area is 68.5 Å². The van der Waals surface area contributed by atoms with E-state index in [-0.39, 0.29) is 3.57 Å². The molecule has 2 N–H and O–H groups in total. The molecule has 0 aliphatic carbocycles. The molecule has 52 valence electrons. The Morgan fingerprint density at radius 3 is 1.90 bits per heavy atom. The highest BCUT2D eigenvalue weighted by molar-refractivity contribution is 14.1. The van der Waals surface area contributed by atoms with Crippen molar-refractivity contribution in [3.8, 4) is 5.75 Å². The van der Waals surface area contributed by atoms with E-state index >= 15 is 0 Å². The highest BCUT2D eigenvalue weighted by Gasteiger charge is 2.12. The molecule has 0 heterocycles. The van der Waals surface area contributed by atoms with Crippen molar-refractivity contribution in [1.29, 1.82) is 5.41 Å². The summed E-state index contributed by atoms with van der Waals surface area (Å²) in [6.07, 6.45) is 0. The average molecular weight is 251 g/mol. The third-order valence-corrected chi connectivity index (χ3v) is 2.08. The molecule has 0 atom stereocenters. The Bertz CT molecular complexity index is 365. The van der Waals surface area contributed by atoms with Crippen LogP contribution >= 0.6 is 22.6 Å². The minimum atomic E-state index is -0.929. The smallest absolute Gasteiger partial charge is 0.255 e. The number of nitrogens with one attached hydrogen (secondary N) is 1. The first-order valence-corrected chi connectivity index (χ1v) is 3.40. The summed E-state index contributed by atoms with van der Waals surface area (Å²) < 4.78 is -0.0624. The van der Waals surface area contributed by atoms with Gasteiger partial charge in [-0.1, -0.05) is 0 Å². The first-order valence-electron chi connectivity index (χ1n) is 2.32. The molecule has 1 rings (SSSR count). The molecule has 0 aliphatic rings. The van der Waals surface area contributed by atoms with E-state index in [1.807, 2.05) is 0 Å². The highest BCUT2D eigenvalue weighted by Crippen LogP contribution is 2.05. The monoisotopic (exact) mass is 251 g/mol. The largest absolute Gasteiger partial charge is 0.504 e. The van der Waals surface area contributed by atoms with Crippen LogP contribution in [0.5, 0.6) is 5.75 Å². The quantitative estimate of drug-likeness (QED) is 0.462. The van der Waals surface area contributed by atoms with Gasteiger partial charge in [0.1, 0.15) is 8.93 Å². The summed E-state index contributed by atoms with van der Waals surface area (Å²) >= 11 is 1.53. The van der Waals surface area contributed by atoms with Crippen molar-refractivity contribution in [3.63, 3.8) is 0 Å². The first kappa shape index (κ1) is 7.39. The Kier molecular flexibility index (Phi) is 1.59. The van der Waals surface area contributed by atoms with Gasteiger partial charge < -0.3 is 5.11 Å². The molecule has 1 aromatic rings. The van der Waals surface area contributed by atoms with Gasteiger partial charge in [-0.05, 0) is 22.6 Å². The zero-order valence-corrected chi connectivity index (χ0v) is 6.80. The van der Waals surface area contributed by atoms with Gasteiger partial charge in [0.25, 0.3) is 5.43 Å². The molecule has 0 saturated carbocycles. The second kappa shape index (κ2) is 2.15. The van der Waals surface area contributed by atoms with Crippen LogP contribution in [0.1, 0.15) is 0 Å². The van der Waals surface area contributed by atoms with Crippen LogP contribution in [0.25, 0.3) is 0 Å². The maximum absolute atomic E-state index is 10.6. The second-order valence-electron chi connectivity index (χ2n) is 1.70. The van der Waals surface area contributed by atoms with Crippen molar-refractivity contribution in [2.45, 2.75) is 0 Å². The molecule has 0 bridgehead atoms. The molecule has 5 heteroatoms. The van der Waals surface area contributed by atoms with Crippen LogP contribution in [0.4, 0.5) is 0 Å². The van der Waals surface area contributed by atoms with E-state index in [1.54, 1.807) is 0 Å². The highest BCUT2D eigenvalue weighted by atomic mass is 127. The summed E-state index contributed by atoms with van der Waals surface area (Å²) in [6.45, 7) is 0. The maximum Gasteiger partial charge on any atom is 0.255 e. The van der Waals surface area contributed by atoms with Gasteiger partial charge in [0.15, 0.2) is 5.75 Å². The standard InChI is InChI=1S/C5H2INO3/c6-1-3(8)2(7)5(10)4(1)9/h7-8H. The number of aromatic hydroxyl groups is 1. The number of rotatable bonds is 0. The molecule has 0 fully saturated rings. The lowest BCUT2D eigenvalue weighted by molar-refractivity contribution is 0.465. The average Bonchev–Trinajstić information content (AvgIpc) is 2.07. The fourth-order valence-corrected chi connectivity index (χ4v) is 1.05. The molecular formula is C5H2INO3. The van der Waals surface area contributed by atoms with Crippen LogP contribution in [0.15, 0.2) is 9.59 Å². The molecule has 0 aromatic heterocycles. The third-order valence-electron chi connectivity index (χ3n) is 1.08. The van der Waals surface area contributed by atoms with Crippen LogP contribution in [-0.4, -0.2) is 5.11 Å². The minimum Gasteiger partial charge on any atom is -0.504 e. The molecular weight excluding hydrogens is 249 g/mol. The van der Waals surface area contributed by atoms with E-state index in [0.717, 1.165) is 0 Å². The van der Waals surface area contributed by atoms with Gasteiger partial charge in [-0.3, -0.25) is 15.0 Å². The van der Waals surface area contributed by atoms with Crippen LogP contribution in [-0.2, 0) is 0 Å². The zero-order valence-electron chi connectivity index (χ0n) is 4.64. The van der Waals surface area contributed by atoms with E-state index in [1.165, 1.54) is 22.6 Å². The van der Waals surface area contributed by atoms with Gasteiger partial charge in [0.05, 0.1) is 0 Å². The summed E-state index contributed by atoms with van der Waals surface area (Å²) in [6, 6.07) is 0. The molecule has 0 amide bonds. The van der Waals surface area contributed by atoms with E-state index in [2.05, 4.69) is 0 Å². The van der Waals surface area contributed by atoms with Crippen molar-refractivity contribution in [2.75, 3.05) is 0 Å². The molecule has 1 aromatic carbocycles. The molecule has 4 nitrogen and oxygen atoms in total. The zero-order chi connectivity index (χ0) is 7.89. The maximum atomic E-state index is 10.6. The number of hydrogen-bond acceptors (Lipinski definition) is 4. The molecule has 10 heavy (non-hydrogen) atoms.